The number of amides is 2. The molecule has 3 heterocycles. The zero-order valence-electron chi connectivity index (χ0n) is 15.9. The minimum Gasteiger partial charge on any atom is -0.372 e. The van der Waals surface area contributed by atoms with E-state index in [1.54, 1.807) is 4.90 Å². The first-order chi connectivity index (χ1) is 13.6. The van der Waals surface area contributed by atoms with Gasteiger partial charge in [-0.15, -0.1) is 5.10 Å². The minimum absolute atomic E-state index is 0.0335. The van der Waals surface area contributed by atoms with E-state index in [1.165, 1.54) is 30.3 Å². The highest BCUT2D eigenvalue weighted by Gasteiger charge is 2.35. The van der Waals surface area contributed by atoms with Crippen molar-refractivity contribution >= 4 is 40.9 Å². The summed E-state index contributed by atoms with van der Waals surface area (Å²) in [4.78, 5) is 33.3. The molecule has 2 saturated heterocycles. The molecule has 0 bridgehead atoms. The Labute approximate surface area is 168 Å². The van der Waals surface area contributed by atoms with Crippen molar-refractivity contribution in [3.63, 3.8) is 0 Å². The molecule has 2 aliphatic heterocycles. The van der Waals surface area contributed by atoms with Crippen LogP contribution < -0.4 is 15.1 Å². The topological polar surface area (TPSA) is 94.2 Å². The van der Waals surface area contributed by atoms with Gasteiger partial charge in [0.05, 0.1) is 5.92 Å². The van der Waals surface area contributed by atoms with Crippen molar-refractivity contribution in [2.24, 2.45) is 5.92 Å². The van der Waals surface area contributed by atoms with Crippen LogP contribution in [0.3, 0.4) is 0 Å². The molecule has 2 N–H and O–H groups in total. The number of aromatic amines is 1. The molecule has 0 spiro atoms. The second-order valence-corrected chi connectivity index (χ2v) is 8.24. The van der Waals surface area contributed by atoms with E-state index >= 15 is 0 Å². The standard InChI is InChI=1S/C19H24N6O2S/c1-2-28-19-21-18(22-23-19)20-17(27)13-11-16(26)25(12-13)15-7-5-14(6-8-15)24-9-3-4-10-24/h5-8,13H,2-4,9-12H2,1H3,(H2,20,21,22,23,27). The predicted octanol–water partition coefficient (Wildman–Crippen LogP) is 2.51. The number of hydrogen-bond acceptors (Lipinski definition) is 6. The number of nitrogens with one attached hydrogen (secondary N) is 2. The van der Waals surface area contributed by atoms with Crippen molar-refractivity contribution < 1.29 is 9.59 Å². The van der Waals surface area contributed by atoms with Gasteiger partial charge in [-0.1, -0.05) is 18.7 Å². The number of rotatable bonds is 6. The molecule has 148 valence electrons. The van der Waals surface area contributed by atoms with Crippen molar-refractivity contribution in [3.05, 3.63) is 24.3 Å². The third-order valence-electron chi connectivity index (χ3n) is 5.11. The van der Waals surface area contributed by atoms with E-state index < -0.39 is 5.92 Å². The Hall–Kier alpha value is -2.55. The fraction of sp³-hybridized carbons (Fsp3) is 0.474. The van der Waals surface area contributed by atoms with E-state index in [0.717, 1.165) is 24.5 Å². The van der Waals surface area contributed by atoms with Gasteiger partial charge in [0, 0.05) is 37.4 Å². The Balaban J connectivity index is 1.38. The van der Waals surface area contributed by atoms with E-state index in [4.69, 9.17) is 0 Å². The summed E-state index contributed by atoms with van der Waals surface area (Å²) in [6.45, 7) is 4.56. The molecule has 8 nitrogen and oxygen atoms in total. The Morgan fingerprint density at radius 2 is 1.96 bits per heavy atom. The van der Waals surface area contributed by atoms with Crippen molar-refractivity contribution in [2.75, 3.05) is 40.5 Å². The fourth-order valence-corrected chi connectivity index (χ4v) is 4.19. The van der Waals surface area contributed by atoms with Gasteiger partial charge in [0.2, 0.25) is 22.9 Å². The quantitative estimate of drug-likeness (QED) is 0.724. The molecular formula is C19H24N6O2S. The Kier molecular flexibility index (Phi) is 5.52. The van der Waals surface area contributed by atoms with Crippen LogP contribution in [-0.2, 0) is 9.59 Å². The highest BCUT2D eigenvalue weighted by Crippen LogP contribution is 2.29. The summed E-state index contributed by atoms with van der Waals surface area (Å²) in [6, 6.07) is 8.05. The van der Waals surface area contributed by atoms with Crippen LogP contribution in [0.25, 0.3) is 0 Å². The zero-order valence-corrected chi connectivity index (χ0v) is 16.7. The average molecular weight is 401 g/mol. The number of thioether (sulfide) groups is 1. The first kappa shape index (κ1) is 18.8. The Morgan fingerprint density at radius 3 is 2.68 bits per heavy atom. The van der Waals surface area contributed by atoms with Crippen molar-refractivity contribution in [1.29, 1.82) is 0 Å². The van der Waals surface area contributed by atoms with Gasteiger partial charge in [0.1, 0.15) is 0 Å². The average Bonchev–Trinajstić information content (AvgIpc) is 3.44. The van der Waals surface area contributed by atoms with Crippen LogP contribution >= 0.6 is 11.8 Å². The largest absolute Gasteiger partial charge is 0.372 e. The van der Waals surface area contributed by atoms with Gasteiger partial charge in [-0.05, 0) is 42.9 Å². The normalized spacial score (nSPS) is 19.5. The number of hydrogen-bond donors (Lipinski definition) is 2. The molecule has 4 rings (SSSR count). The number of anilines is 3. The second-order valence-electron chi connectivity index (χ2n) is 7.00. The Morgan fingerprint density at radius 1 is 1.25 bits per heavy atom. The van der Waals surface area contributed by atoms with Gasteiger partial charge >= 0.3 is 0 Å². The maximum Gasteiger partial charge on any atom is 0.232 e. The molecule has 2 fully saturated rings. The first-order valence-electron chi connectivity index (χ1n) is 9.65. The van der Waals surface area contributed by atoms with Gasteiger partial charge < -0.3 is 9.80 Å². The summed E-state index contributed by atoms with van der Waals surface area (Å²) in [5, 5.41) is 10.1. The molecule has 1 unspecified atom stereocenters. The molecule has 0 saturated carbocycles. The van der Waals surface area contributed by atoms with E-state index in [0.29, 0.717) is 17.6 Å². The van der Waals surface area contributed by atoms with Crippen LogP contribution in [-0.4, -0.2) is 52.4 Å². The molecule has 2 amide bonds. The molecule has 0 radical (unpaired) electrons. The van der Waals surface area contributed by atoms with Crippen LogP contribution in [0.2, 0.25) is 0 Å². The van der Waals surface area contributed by atoms with E-state index in [-0.39, 0.29) is 18.2 Å². The van der Waals surface area contributed by atoms with Crippen molar-refractivity contribution in [2.45, 2.75) is 31.3 Å². The summed E-state index contributed by atoms with van der Waals surface area (Å²) in [5.41, 5.74) is 2.03. The Bertz CT molecular complexity index is 846. The van der Waals surface area contributed by atoms with Gasteiger partial charge in [0.15, 0.2) is 0 Å². The van der Waals surface area contributed by atoms with Crippen molar-refractivity contribution in [3.8, 4) is 0 Å². The van der Waals surface area contributed by atoms with Crippen molar-refractivity contribution in [1.82, 2.24) is 15.2 Å². The van der Waals surface area contributed by atoms with Crippen LogP contribution in [0, 0.1) is 5.92 Å². The third kappa shape index (κ3) is 3.99. The van der Waals surface area contributed by atoms with Gasteiger partial charge in [-0.3, -0.25) is 14.9 Å². The zero-order chi connectivity index (χ0) is 19.5. The summed E-state index contributed by atoms with van der Waals surface area (Å²) in [5.74, 6) is 0.524. The van der Waals surface area contributed by atoms with Crippen LogP contribution in [0.4, 0.5) is 17.3 Å². The summed E-state index contributed by atoms with van der Waals surface area (Å²) in [7, 11) is 0. The fourth-order valence-electron chi connectivity index (χ4n) is 3.67. The molecule has 28 heavy (non-hydrogen) atoms. The molecule has 1 aromatic heterocycles. The van der Waals surface area contributed by atoms with E-state index in [9.17, 15) is 9.59 Å². The number of nitrogens with zero attached hydrogens (tertiary/aromatic N) is 4. The summed E-state index contributed by atoms with van der Waals surface area (Å²) in [6.07, 6.45) is 2.66. The molecule has 0 aliphatic carbocycles. The molecule has 9 heteroatoms. The van der Waals surface area contributed by atoms with Crippen LogP contribution in [0.15, 0.2) is 29.4 Å². The summed E-state index contributed by atoms with van der Waals surface area (Å²) < 4.78 is 0. The summed E-state index contributed by atoms with van der Waals surface area (Å²) >= 11 is 1.49. The number of benzene rings is 1. The van der Waals surface area contributed by atoms with E-state index in [2.05, 4.69) is 37.5 Å². The molecule has 2 aromatic rings. The lowest BCUT2D eigenvalue weighted by Gasteiger charge is -2.20. The smallest absolute Gasteiger partial charge is 0.232 e. The monoisotopic (exact) mass is 400 g/mol. The third-order valence-corrected chi connectivity index (χ3v) is 5.84. The maximum absolute atomic E-state index is 12.5. The maximum atomic E-state index is 12.5. The molecule has 1 aromatic carbocycles. The van der Waals surface area contributed by atoms with E-state index in [1.807, 2.05) is 19.1 Å². The predicted molar refractivity (Wildman–Crippen MR) is 110 cm³/mol. The lowest BCUT2D eigenvalue weighted by atomic mass is 10.1. The molecular weight excluding hydrogens is 376 g/mol. The molecule has 1 atom stereocenters. The first-order valence-corrected chi connectivity index (χ1v) is 10.6. The highest BCUT2D eigenvalue weighted by atomic mass is 32.2. The minimum atomic E-state index is -0.405. The highest BCUT2D eigenvalue weighted by molar-refractivity contribution is 7.99. The number of aromatic nitrogens is 3. The van der Waals surface area contributed by atoms with Gasteiger partial charge in [-0.25, -0.2) is 5.10 Å². The number of carbonyl (C=O) groups is 2. The molecule has 2 aliphatic rings. The van der Waals surface area contributed by atoms with Gasteiger partial charge in [0.25, 0.3) is 0 Å². The SMILES string of the molecule is CCSc1n[nH]c(NC(=O)C2CC(=O)N(c3ccc(N4CCCC4)cc3)C2)n1. The van der Waals surface area contributed by atoms with Crippen LogP contribution in [0.1, 0.15) is 26.2 Å². The number of H-pyrrole nitrogens is 1. The number of carbonyl (C=O) groups excluding carboxylic acids is 2. The second kappa shape index (κ2) is 8.22. The van der Waals surface area contributed by atoms with Gasteiger partial charge in [-0.2, -0.15) is 4.98 Å². The lowest BCUT2D eigenvalue weighted by Crippen LogP contribution is -2.28. The lowest BCUT2D eigenvalue weighted by molar-refractivity contribution is -0.122. The van der Waals surface area contributed by atoms with Crippen LogP contribution in [0.5, 0.6) is 0 Å².